The third-order valence-electron chi connectivity index (χ3n) is 2.96. The van der Waals surface area contributed by atoms with Gasteiger partial charge in [0.1, 0.15) is 12.1 Å². The molecule has 0 spiro atoms. The van der Waals surface area contributed by atoms with Crippen molar-refractivity contribution in [3.63, 3.8) is 0 Å². The Bertz CT molecular complexity index is 765. The van der Waals surface area contributed by atoms with Crippen LogP contribution in [0.15, 0.2) is 41.8 Å². The van der Waals surface area contributed by atoms with Crippen LogP contribution >= 0.6 is 11.3 Å². The van der Waals surface area contributed by atoms with Crippen LogP contribution in [0, 0.1) is 0 Å². The molecule has 0 saturated heterocycles. The van der Waals surface area contributed by atoms with Gasteiger partial charge in [0.05, 0.1) is 4.88 Å². The van der Waals surface area contributed by atoms with Crippen molar-refractivity contribution in [2.24, 2.45) is 0 Å². The first kappa shape index (κ1) is 19.5. The molecule has 0 aliphatic carbocycles. The molecule has 0 fully saturated rings. The van der Waals surface area contributed by atoms with E-state index in [0.29, 0.717) is 16.3 Å². The zero-order valence-electron chi connectivity index (χ0n) is 14.8. The molecule has 0 saturated carbocycles. The molecule has 0 unspecified atom stereocenters. The Kier molecular flexibility index (Phi) is 6.35. The standard InChI is InChI=1S/C18H21N3O4S/c1-18(2,3)25-17(24)19-11-15(22)20-12-6-8-13(9-7-12)21-16(23)14-5-4-10-26-14/h4-10H,11H2,1-3H3,(H,19,24)(H,20,22)(H,21,23). The van der Waals surface area contributed by atoms with Crippen LogP contribution in [-0.4, -0.2) is 30.1 Å². The molecular weight excluding hydrogens is 354 g/mol. The molecular formula is C18H21N3O4S. The van der Waals surface area contributed by atoms with Crippen molar-refractivity contribution in [3.05, 3.63) is 46.7 Å². The van der Waals surface area contributed by atoms with E-state index in [0.717, 1.165) is 0 Å². The Morgan fingerprint density at radius 2 is 1.62 bits per heavy atom. The second-order valence-electron chi connectivity index (χ2n) is 6.41. The van der Waals surface area contributed by atoms with Crippen molar-refractivity contribution in [3.8, 4) is 0 Å². The Morgan fingerprint density at radius 3 is 2.15 bits per heavy atom. The summed E-state index contributed by atoms with van der Waals surface area (Å²) < 4.78 is 5.05. The molecule has 0 aliphatic rings. The van der Waals surface area contributed by atoms with Crippen LogP contribution in [0.3, 0.4) is 0 Å². The quantitative estimate of drug-likeness (QED) is 0.745. The maximum atomic E-state index is 12.0. The molecule has 138 valence electrons. The lowest BCUT2D eigenvalue weighted by molar-refractivity contribution is -0.115. The molecule has 2 rings (SSSR count). The van der Waals surface area contributed by atoms with Gasteiger partial charge >= 0.3 is 6.09 Å². The molecule has 0 aliphatic heterocycles. The van der Waals surface area contributed by atoms with Crippen molar-refractivity contribution in [2.45, 2.75) is 26.4 Å². The highest BCUT2D eigenvalue weighted by Crippen LogP contribution is 2.16. The van der Waals surface area contributed by atoms with Gasteiger partial charge in [0.25, 0.3) is 5.91 Å². The fourth-order valence-electron chi connectivity index (χ4n) is 1.91. The van der Waals surface area contributed by atoms with Crippen molar-refractivity contribution in [1.82, 2.24) is 5.32 Å². The van der Waals surface area contributed by atoms with E-state index in [-0.39, 0.29) is 18.4 Å². The summed E-state index contributed by atoms with van der Waals surface area (Å²) >= 11 is 1.36. The molecule has 2 aromatic rings. The number of alkyl carbamates (subject to hydrolysis) is 1. The number of hydrogen-bond acceptors (Lipinski definition) is 5. The fraction of sp³-hybridized carbons (Fsp3) is 0.278. The smallest absolute Gasteiger partial charge is 0.408 e. The zero-order valence-corrected chi connectivity index (χ0v) is 15.6. The summed E-state index contributed by atoms with van der Waals surface area (Å²) in [7, 11) is 0. The first-order chi connectivity index (χ1) is 12.2. The van der Waals surface area contributed by atoms with Gasteiger partial charge in [0.15, 0.2) is 0 Å². The average Bonchev–Trinajstić information content (AvgIpc) is 3.08. The lowest BCUT2D eigenvalue weighted by Crippen LogP contribution is -2.37. The van der Waals surface area contributed by atoms with Crippen LogP contribution < -0.4 is 16.0 Å². The van der Waals surface area contributed by atoms with Crippen LogP contribution in [-0.2, 0) is 9.53 Å². The number of amides is 3. The minimum atomic E-state index is -0.653. The van der Waals surface area contributed by atoms with Gasteiger partial charge in [-0.15, -0.1) is 11.3 Å². The highest BCUT2D eigenvalue weighted by molar-refractivity contribution is 7.12. The van der Waals surface area contributed by atoms with Crippen LogP contribution in [0.5, 0.6) is 0 Å². The number of benzene rings is 1. The molecule has 3 N–H and O–H groups in total. The molecule has 0 atom stereocenters. The van der Waals surface area contributed by atoms with Crippen LogP contribution in [0.4, 0.5) is 16.2 Å². The van der Waals surface area contributed by atoms with E-state index in [9.17, 15) is 14.4 Å². The largest absolute Gasteiger partial charge is 0.444 e. The number of ether oxygens (including phenoxy) is 1. The van der Waals surface area contributed by atoms with Gasteiger partial charge in [-0.3, -0.25) is 9.59 Å². The Balaban J connectivity index is 1.80. The maximum absolute atomic E-state index is 12.0. The zero-order chi connectivity index (χ0) is 19.2. The van der Waals surface area contributed by atoms with E-state index in [1.165, 1.54) is 11.3 Å². The monoisotopic (exact) mass is 375 g/mol. The summed E-state index contributed by atoms with van der Waals surface area (Å²) in [6.07, 6.45) is -0.653. The van der Waals surface area contributed by atoms with Crippen molar-refractivity contribution in [2.75, 3.05) is 17.2 Å². The van der Waals surface area contributed by atoms with Gasteiger partial charge in [-0.25, -0.2) is 4.79 Å². The van der Waals surface area contributed by atoms with Gasteiger partial charge < -0.3 is 20.7 Å². The SMILES string of the molecule is CC(C)(C)OC(=O)NCC(=O)Nc1ccc(NC(=O)c2cccs2)cc1. The van der Waals surface area contributed by atoms with Crippen molar-refractivity contribution in [1.29, 1.82) is 0 Å². The predicted octanol–water partition coefficient (Wildman–Crippen LogP) is 3.46. The summed E-state index contributed by atoms with van der Waals surface area (Å²) in [5.41, 5.74) is 0.549. The first-order valence-corrected chi connectivity index (χ1v) is 8.82. The third-order valence-corrected chi connectivity index (χ3v) is 3.83. The molecule has 0 radical (unpaired) electrons. The fourth-order valence-corrected chi connectivity index (χ4v) is 2.53. The molecule has 26 heavy (non-hydrogen) atoms. The van der Waals surface area contributed by atoms with Gasteiger partial charge in [-0.1, -0.05) is 6.07 Å². The first-order valence-electron chi connectivity index (χ1n) is 7.94. The number of thiophene rings is 1. The lowest BCUT2D eigenvalue weighted by atomic mass is 10.2. The maximum Gasteiger partial charge on any atom is 0.408 e. The molecule has 1 heterocycles. The molecule has 7 nitrogen and oxygen atoms in total. The molecule has 3 amide bonds. The number of carbonyl (C=O) groups excluding carboxylic acids is 3. The number of hydrogen-bond donors (Lipinski definition) is 3. The number of anilines is 2. The normalized spacial score (nSPS) is 10.7. The highest BCUT2D eigenvalue weighted by Gasteiger charge is 2.16. The van der Waals surface area contributed by atoms with E-state index < -0.39 is 11.7 Å². The van der Waals surface area contributed by atoms with Crippen LogP contribution in [0.1, 0.15) is 30.4 Å². The molecule has 8 heteroatoms. The molecule has 1 aromatic carbocycles. The lowest BCUT2D eigenvalue weighted by Gasteiger charge is -2.19. The van der Waals surface area contributed by atoms with E-state index in [2.05, 4.69) is 16.0 Å². The number of carbonyl (C=O) groups is 3. The minimum Gasteiger partial charge on any atom is -0.444 e. The summed E-state index contributed by atoms with van der Waals surface area (Å²) in [5.74, 6) is -0.565. The molecule has 1 aromatic heterocycles. The van der Waals surface area contributed by atoms with Crippen molar-refractivity contribution < 1.29 is 19.1 Å². The molecule has 0 bridgehead atoms. The van der Waals surface area contributed by atoms with E-state index in [4.69, 9.17) is 4.74 Å². The van der Waals surface area contributed by atoms with Gasteiger partial charge in [-0.05, 0) is 56.5 Å². The summed E-state index contributed by atoms with van der Waals surface area (Å²) in [6, 6.07) is 10.2. The highest BCUT2D eigenvalue weighted by atomic mass is 32.1. The summed E-state index contributed by atoms with van der Waals surface area (Å²) in [4.78, 5) is 35.9. The Morgan fingerprint density at radius 1 is 1.00 bits per heavy atom. The van der Waals surface area contributed by atoms with E-state index in [1.54, 1.807) is 51.1 Å². The van der Waals surface area contributed by atoms with E-state index in [1.807, 2.05) is 11.4 Å². The second kappa shape index (κ2) is 8.48. The minimum absolute atomic E-state index is 0.182. The Labute approximate surface area is 155 Å². The average molecular weight is 375 g/mol. The van der Waals surface area contributed by atoms with Crippen LogP contribution in [0.25, 0.3) is 0 Å². The van der Waals surface area contributed by atoms with Crippen LogP contribution in [0.2, 0.25) is 0 Å². The van der Waals surface area contributed by atoms with Crippen molar-refractivity contribution >= 4 is 40.6 Å². The summed E-state index contributed by atoms with van der Waals surface area (Å²) in [5, 5.41) is 9.64. The van der Waals surface area contributed by atoms with Gasteiger partial charge in [0, 0.05) is 11.4 Å². The predicted molar refractivity (Wildman–Crippen MR) is 102 cm³/mol. The number of rotatable bonds is 5. The van der Waals surface area contributed by atoms with Gasteiger partial charge in [0.2, 0.25) is 5.91 Å². The second-order valence-corrected chi connectivity index (χ2v) is 7.36. The van der Waals surface area contributed by atoms with Gasteiger partial charge in [-0.2, -0.15) is 0 Å². The number of nitrogens with one attached hydrogen (secondary N) is 3. The Hall–Kier alpha value is -2.87. The van der Waals surface area contributed by atoms with E-state index >= 15 is 0 Å². The summed E-state index contributed by atoms with van der Waals surface area (Å²) in [6.45, 7) is 5.02. The third kappa shape index (κ3) is 6.56. The topological polar surface area (TPSA) is 96.5 Å².